The highest BCUT2D eigenvalue weighted by Gasteiger charge is 2.31. The number of amidine groups is 1. The molecular weight excluding hydrogens is 416 g/mol. The van der Waals surface area contributed by atoms with E-state index >= 15 is 0 Å². The molecule has 2 amide bonds. The van der Waals surface area contributed by atoms with Crippen LogP contribution in [0, 0.1) is 5.92 Å². The molecule has 7 heteroatoms. The van der Waals surface area contributed by atoms with Crippen LogP contribution in [-0.2, 0) is 9.59 Å². The Hall–Kier alpha value is -3.87. The third-order valence-electron chi connectivity index (χ3n) is 5.88. The van der Waals surface area contributed by atoms with Crippen LogP contribution in [0.1, 0.15) is 30.4 Å². The number of hydrogen-bond donors (Lipinski definition) is 3. The maximum Gasteiger partial charge on any atom is 0.241 e. The highest BCUT2D eigenvalue weighted by molar-refractivity contribution is 5.98. The summed E-state index contributed by atoms with van der Waals surface area (Å²) in [7, 11) is 1.62. The molecule has 0 saturated carbocycles. The van der Waals surface area contributed by atoms with Crippen molar-refractivity contribution >= 4 is 23.7 Å². The Labute approximate surface area is 194 Å². The number of benzene rings is 1. The Bertz CT molecular complexity index is 1090. The first-order valence-corrected chi connectivity index (χ1v) is 10.9. The van der Waals surface area contributed by atoms with E-state index in [0.29, 0.717) is 29.9 Å². The van der Waals surface area contributed by atoms with Crippen LogP contribution < -0.4 is 11.5 Å². The number of aliphatic imine (C=N–C) groups is 1. The highest BCUT2D eigenvalue weighted by atomic mass is 16.3. The number of amides is 2. The van der Waals surface area contributed by atoms with Crippen molar-refractivity contribution in [1.29, 1.82) is 0 Å². The predicted octanol–water partition coefficient (Wildman–Crippen LogP) is 2.83. The summed E-state index contributed by atoms with van der Waals surface area (Å²) in [6, 6.07) is 5.06. The summed E-state index contributed by atoms with van der Waals surface area (Å²) in [5, 5.41) is 10.2. The van der Waals surface area contributed by atoms with Crippen molar-refractivity contribution in [3.8, 4) is 5.75 Å². The largest absolute Gasteiger partial charge is 0.507 e. The molecule has 0 aromatic heterocycles. The van der Waals surface area contributed by atoms with Gasteiger partial charge in [0.25, 0.3) is 0 Å². The maximum atomic E-state index is 13.2. The van der Waals surface area contributed by atoms with Gasteiger partial charge in [0.05, 0.1) is 12.0 Å². The molecule has 0 radical (unpaired) electrons. The summed E-state index contributed by atoms with van der Waals surface area (Å²) in [5.41, 5.74) is 13.9. The summed E-state index contributed by atoms with van der Waals surface area (Å²) in [5.74, 6) is -0.153. The van der Waals surface area contributed by atoms with Gasteiger partial charge in [-0.25, -0.2) is 0 Å². The second-order valence-electron chi connectivity index (χ2n) is 8.10. The number of carbonyl (C=O) groups excluding carboxylic acids is 2. The number of carbonyl (C=O) groups is 2. The first-order valence-electron chi connectivity index (χ1n) is 10.9. The number of likely N-dealkylation sites (tertiary alicyclic amines) is 1. The molecule has 3 rings (SSSR count). The zero-order valence-corrected chi connectivity index (χ0v) is 18.8. The van der Waals surface area contributed by atoms with Gasteiger partial charge in [-0.1, -0.05) is 37.0 Å². The number of hydrogen-bond acceptors (Lipinski definition) is 4. The summed E-state index contributed by atoms with van der Waals surface area (Å²) < 4.78 is 0. The molecule has 1 aliphatic heterocycles. The fourth-order valence-corrected chi connectivity index (χ4v) is 3.99. The molecule has 5 N–H and O–H groups in total. The van der Waals surface area contributed by atoms with Gasteiger partial charge in [0.1, 0.15) is 11.6 Å². The monoisotopic (exact) mass is 446 g/mol. The average Bonchev–Trinajstić information content (AvgIpc) is 3.29. The maximum absolute atomic E-state index is 13.2. The summed E-state index contributed by atoms with van der Waals surface area (Å²) in [6.45, 7) is 4.64. The molecule has 2 atom stereocenters. The molecule has 1 heterocycles. The van der Waals surface area contributed by atoms with Crippen LogP contribution in [-0.4, -0.2) is 47.3 Å². The Kier molecular flexibility index (Phi) is 7.66. The molecule has 1 aromatic carbocycles. The second-order valence-corrected chi connectivity index (χ2v) is 8.10. The zero-order valence-electron chi connectivity index (χ0n) is 18.8. The van der Waals surface area contributed by atoms with Crippen LogP contribution in [0.3, 0.4) is 0 Å². The van der Waals surface area contributed by atoms with Gasteiger partial charge in [0.15, 0.2) is 0 Å². The number of aromatic hydroxyl groups is 1. The Morgan fingerprint density at radius 1 is 1.27 bits per heavy atom. The van der Waals surface area contributed by atoms with Crippen LogP contribution in [0.25, 0.3) is 6.08 Å². The van der Waals surface area contributed by atoms with Gasteiger partial charge in [0.2, 0.25) is 11.8 Å². The molecule has 0 spiro atoms. The first kappa shape index (κ1) is 23.8. The standard InChI is InChI=1S/C26H30N4O3/c1-17(5-14-24(27)32)18-6-8-19(9-7-18)26(33)30-15-3-4-22(30)12-10-20-16-21(25(28)29-2)11-13-23(20)31/h5-8,10-14,16,19,22,31H,1,3-4,9,15H2,2H3,(H2,27,32)(H2,28,29)/b12-10+,14-5-. The van der Waals surface area contributed by atoms with Crippen molar-refractivity contribution in [2.75, 3.05) is 13.6 Å². The Morgan fingerprint density at radius 3 is 2.73 bits per heavy atom. The molecule has 2 aliphatic rings. The fraction of sp³-hybridized carbons (Fsp3) is 0.269. The van der Waals surface area contributed by atoms with Crippen molar-refractivity contribution in [2.45, 2.75) is 25.3 Å². The van der Waals surface area contributed by atoms with E-state index in [-0.39, 0.29) is 23.6 Å². The van der Waals surface area contributed by atoms with Crippen LogP contribution in [0.15, 0.2) is 77.4 Å². The fourth-order valence-electron chi connectivity index (χ4n) is 3.99. The van der Waals surface area contributed by atoms with Crippen molar-refractivity contribution in [3.05, 3.63) is 83.5 Å². The van der Waals surface area contributed by atoms with E-state index in [4.69, 9.17) is 11.5 Å². The van der Waals surface area contributed by atoms with E-state index in [9.17, 15) is 14.7 Å². The summed E-state index contributed by atoms with van der Waals surface area (Å²) in [6.07, 6.45) is 14.7. The number of nitrogens with two attached hydrogens (primary N) is 2. The lowest BCUT2D eigenvalue weighted by molar-refractivity contribution is -0.134. The minimum absolute atomic E-state index is 0.0370. The molecule has 172 valence electrons. The SMILES string of the molecule is C=C(/C=C\C(N)=O)C1=CCC(C(=O)N2CCCC2/C=C/c2cc(C(N)=NC)ccc2O)C=C1. The third-order valence-corrected chi connectivity index (χ3v) is 5.88. The van der Waals surface area contributed by atoms with E-state index < -0.39 is 5.91 Å². The van der Waals surface area contributed by atoms with Crippen LogP contribution in [0.2, 0.25) is 0 Å². The molecular formula is C26H30N4O3. The highest BCUT2D eigenvalue weighted by Crippen LogP contribution is 2.28. The Balaban J connectivity index is 1.68. The normalized spacial score (nSPS) is 21.1. The van der Waals surface area contributed by atoms with Gasteiger partial charge in [-0.05, 0) is 54.7 Å². The molecule has 7 nitrogen and oxygen atoms in total. The van der Waals surface area contributed by atoms with Crippen LogP contribution >= 0.6 is 0 Å². The molecule has 1 fully saturated rings. The molecule has 1 aliphatic carbocycles. The number of phenolic OH excluding ortho intramolecular Hbond substituents is 1. The van der Waals surface area contributed by atoms with E-state index in [1.807, 2.05) is 35.3 Å². The zero-order chi connectivity index (χ0) is 24.0. The van der Waals surface area contributed by atoms with Gasteiger partial charge in [-0.3, -0.25) is 14.6 Å². The second kappa shape index (κ2) is 10.6. The van der Waals surface area contributed by atoms with Crippen molar-refractivity contribution in [3.63, 3.8) is 0 Å². The number of allylic oxidation sites excluding steroid dienone is 5. The number of rotatable bonds is 7. The lowest BCUT2D eigenvalue weighted by atomic mass is 9.92. The molecule has 33 heavy (non-hydrogen) atoms. The average molecular weight is 447 g/mol. The van der Waals surface area contributed by atoms with Gasteiger partial charge in [-0.15, -0.1) is 0 Å². The van der Waals surface area contributed by atoms with Crippen LogP contribution in [0.4, 0.5) is 0 Å². The minimum Gasteiger partial charge on any atom is -0.507 e. The van der Waals surface area contributed by atoms with E-state index in [0.717, 1.165) is 24.0 Å². The minimum atomic E-state index is -0.528. The van der Waals surface area contributed by atoms with E-state index in [1.54, 1.807) is 31.3 Å². The van der Waals surface area contributed by atoms with Crippen LogP contribution in [0.5, 0.6) is 5.75 Å². The number of primary amides is 1. The molecule has 2 unspecified atom stereocenters. The van der Waals surface area contributed by atoms with Gasteiger partial charge in [-0.2, -0.15) is 0 Å². The molecule has 1 aromatic rings. The van der Waals surface area contributed by atoms with Crippen molar-refractivity contribution < 1.29 is 14.7 Å². The summed E-state index contributed by atoms with van der Waals surface area (Å²) in [4.78, 5) is 30.0. The quantitative estimate of drug-likeness (QED) is 0.258. The lowest BCUT2D eigenvalue weighted by Gasteiger charge is -2.27. The van der Waals surface area contributed by atoms with Gasteiger partial charge >= 0.3 is 0 Å². The lowest BCUT2D eigenvalue weighted by Crippen LogP contribution is -2.38. The molecule has 0 bridgehead atoms. The van der Waals surface area contributed by atoms with Gasteiger partial charge in [0, 0.05) is 30.8 Å². The summed E-state index contributed by atoms with van der Waals surface area (Å²) >= 11 is 0. The number of nitrogens with zero attached hydrogens (tertiary/aromatic N) is 2. The third kappa shape index (κ3) is 5.88. The Morgan fingerprint density at radius 2 is 2.06 bits per heavy atom. The van der Waals surface area contributed by atoms with E-state index in [2.05, 4.69) is 11.6 Å². The predicted molar refractivity (Wildman–Crippen MR) is 131 cm³/mol. The smallest absolute Gasteiger partial charge is 0.241 e. The molecule has 1 saturated heterocycles. The topological polar surface area (TPSA) is 122 Å². The van der Waals surface area contributed by atoms with E-state index in [1.165, 1.54) is 6.08 Å². The van der Waals surface area contributed by atoms with Gasteiger partial charge < -0.3 is 21.5 Å². The first-order chi connectivity index (χ1) is 15.8. The van der Waals surface area contributed by atoms with Crippen molar-refractivity contribution in [1.82, 2.24) is 4.90 Å². The van der Waals surface area contributed by atoms with Crippen molar-refractivity contribution in [2.24, 2.45) is 22.4 Å². The number of phenols is 1.